The van der Waals surface area contributed by atoms with Crippen LogP contribution in [0.2, 0.25) is 0 Å². The van der Waals surface area contributed by atoms with Crippen LogP contribution in [0.5, 0.6) is 0 Å². The maximum absolute atomic E-state index is 12.1. The second kappa shape index (κ2) is 6.06. The van der Waals surface area contributed by atoms with Gasteiger partial charge in [-0.05, 0) is 43.0 Å². The van der Waals surface area contributed by atoms with Gasteiger partial charge in [0.25, 0.3) is 0 Å². The third-order valence-corrected chi connectivity index (χ3v) is 4.33. The lowest BCUT2D eigenvalue weighted by atomic mass is 9.94. The second-order valence-electron chi connectivity index (χ2n) is 5.45. The Morgan fingerprint density at radius 1 is 1.42 bits per heavy atom. The Morgan fingerprint density at radius 3 is 2.74 bits per heavy atom. The van der Waals surface area contributed by atoms with Crippen molar-refractivity contribution in [2.24, 2.45) is 5.73 Å². The third-order valence-electron chi connectivity index (χ3n) is 3.83. The van der Waals surface area contributed by atoms with Crippen molar-refractivity contribution < 1.29 is 4.79 Å². The van der Waals surface area contributed by atoms with E-state index in [4.69, 9.17) is 5.73 Å². The van der Waals surface area contributed by atoms with Crippen LogP contribution in [0.15, 0.2) is 22.7 Å². The van der Waals surface area contributed by atoms with Gasteiger partial charge in [-0.25, -0.2) is 0 Å². The molecule has 0 radical (unpaired) electrons. The predicted octanol–water partition coefficient (Wildman–Crippen LogP) is 3.61. The molecule has 0 saturated heterocycles. The summed E-state index contributed by atoms with van der Waals surface area (Å²) in [7, 11) is 0. The minimum atomic E-state index is -0.286. The standard InChI is InChI=1S/C15H21BrN2O/c1-2-11-9-12(16)5-6-13(11)18-14(19)10-15(17)7-3-4-8-15/h5-6,9H,2-4,7-8,10,17H2,1H3,(H,18,19). The Morgan fingerprint density at radius 2 is 2.11 bits per heavy atom. The topological polar surface area (TPSA) is 55.1 Å². The molecule has 104 valence electrons. The molecule has 1 fully saturated rings. The molecule has 1 aromatic carbocycles. The van der Waals surface area contributed by atoms with Crippen LogP contribution < -0.4 is 11.1 Å². The first-order valence-electron chi connectivity index (χ1n) is 6.89. The number of hydrogen-bond acceptors (Lipinski definition) is 2. The zero-order valence-corrected chi connectivity index (χ0v) is 12.9. The highest BCUT2D eigenvalue weighted by Crippen LogP contribution is 2.30. The highest BCUT2D eigenvalue weighted by Gasteiger charge is 2.31. The average molecular weight is 325 g/mol. The maximum Gasteiger partial charge on any atom is 0.226 e. The lowest BCUT2D eigenvalue weighted by molar-refractivity contribution is -0.117. The summed E-state index contributed by atoms with van der Waals surface area (Å²) < 4.78 is 1.04. The quantitative estimate of drug-likeness (QED) is 0.888. The summed E-state index contributed by atoms with van der Waals surface area (Å²) >= 11 is 3.45. The Labute approximate surface area is 123 Å². The van der Waals surface area contributed by atoms with Gasteiger partial charge in [-0.3, -0.25) is 4.79 Å². The SMILES string of the molecule is CCc1cc(Br)ccc1NC(=O)CC1(N)CCCC1. The number of halogens is 1. The van der Waals surface area contributed by atoms with Crippen molar-refractivity contribution in [1.82, 2.24) is 0 Å². The van der Waals surface area contributed by atoms with Crippen LogP contribution in [0, 0.1) is 0 Å². The van der Waals surface area contributed by atoms with Crippen molar-refractivity contribution >= 4 is 27.5 Å². The smallest absolute Gasteiger partial charge is 0.226 e. The fourth-order valence-electron chi connectivity index (χ4n) is 2.75. The van der Waals surface area contributed by atoms with Crippen LogP contribution in [0.1, 0.15) is 44.6 Å². The number of anilines is 1. The van der Waals surface area contributed by atoms with Crippen LogP contribution in [0.25, 0.3) is 0 Å². The van der Waals surface area contributed by atoms with E-state index in [1.807, 2.05) is 18.2 Å². The number of nitrogens with one attached hydrogen (secondary N) is 1. The van der Waals surface area contributed by atoms with Gasteiger partial charge in [0.2, 0.25) is 5.91 Å². The lowest BCUT2D eigenvalue weighted by Crippen LogP contribution is -2.40. The maximum atomic E-state index is 12.1. The van der Waals surface area contributed by atoms with Crippen molar-refractivity contribution in [1.29, 1.82) is 0 Å². The summed E-state index contributed by atoms with van der Waals surface area (Å²) in [5, 5.41) is 3.00. The first kappa shape index (κ1) is 14.5. The van der Waals surface area contributed by atoms with Gasteiger partial charge in [0.15, 0.2) is 0 Å². The number of hydrogen-bond donors (Lipinski definition) is 2. The third kappa shape index (κ3) is 3.80. The number of carbonyl (C=O) groups excluding carboxylic acids is 1. The lowest BCUT2D eigenvalue weighted by Gasteiger charge is -2.23. The molecule has 1 saturated carbocycles. The molecule has 19 heavy (non-hydrogen) atoms. The fraction of sp³-hybridized carbons (Fsp3) is 0.533. The molecule has 0 atom stereocenters. The minimum Gasteiger partial charge on any atom is -0.326 e. The van der Waals surface area contributed by atoms with Gasteiger partial charge in [-0.1, -0.05) is 35.7 Å². The number of nitrogens with two attached hydrogens (primary N) is 1. The molecule has 3 N–H and O–H groups in total. The largest absolute Gasteiger partial charge is 0.326 e. The summed E-state index contributed by atoms with van der Waals surface area (Å²) in [6, 6.07) is 5.94. The molecule has 1 amide bonds. The van der Waals surface area contributed by atoms with Crippen molar-refractivity contribution in [3.05, 3.63) is 28.2 Å². The number of amides is 1. The Bertz CT molecular complexity index is 467. The van der Waals surface area contributed by atoms with E-state index in [1.165, 1.54) is 0 Å². The second-order valence-corrected chi connectivity index (χ2v) is 6.37. The van der Waals surface area contributed by atoms with Gasteiger partial charge in [0, 0.05) is 22.1 Å². The zero-order valence-electron chi connectivity index (χ0n) is 11.3. The fourth-order valence-corrected chi connectivity index (χ4v) is 3.16. The molecule has 1 aliphatic carbocycles. The van der Waals surface area contributed by atoms with E-state index < -0.39 is 0 Å². The molecule has 0 spiro atoms. The molecular formula is C15H21BrN2O. The zero-order chi connectivity index (χ0) is 13.9. The van der Waals surface area contributed by atoms with E-state index in [2.05, 4.69) is 28.2 Å². The van der Waals surface area contributed by atoms with E-state index >= 15 is 0 Å². The van der Waals surface area contributed by atoms with Crippen LogP contribution in [-0.2, 0) is 11.2 Å². The normalized spacial score (nSPS) is 17.4. The average Bonchev–Trinajstić information content (AvgIpc) is 2.77. The summed E-state index contributed by atoms with van der Waals surface area (Å²) in [6.07, 6.45) is 5.52. The van der Waals surface area contributed by atoms with Crippen LogP contribution >= 0.6 is 15.9 Å². The molecule has 3 nitrogen and oxygen atoms in total. The van der Waals surface area contributed by atoms with Crippen LogP contribution in [0.4, 0.5) is 5.69 Å². The van der Waals surface area contributed by atoms with Gasteiger partial charge in [-0.2, -0.15) is 0 Å². The molecule has 0 aliphatic heterocycles. The first-order valence-corrected chi connectivity index (χ1v) is 7.69. The van der Waals surface area contributed by atoms with Gasteiger partial charge in [-0.15, -0.1) is 0 Å². The number of benzene rings is 1. The van der Waals surface area contributed by atoms with E-state index in [0.29, 0.717) is 6.42 Å². The number of aryl methyl sites for hydroxylation is 1. The van der Waals surface area contributed by atoms with E-state index in [9.17, 15) is 4.79 Å². The van der Waals surface area contributed by atoms with E-state index in [-0.39, 0.29) is 11.4 Å². The molecule has 1 aromatic rings. The Balaban J connectivity index is 2.02. The first-order chi connectivity index (χ1) is 9.02. The summed E-state index contributed by atoms with van der Waals surface area (Å²) in [4.78, 5) is 12.1. The monoisotopic (exact) mass is 324 g/mol. The molecule has 0 aromatic heterocycles. The Kier molecular flexibility index (Phi) is 4.63. The van der Waals surface area contributed by atoms with E-state index in [0.717, 1.165) is 47.8 Å². The van der Waals surface area contributed by atoms with Crippen molar-refractivity contribution in [2.45, 2.75) is 51.0 Å². The molecule has 4 heteroatoms. The Hall–Kier alpha value is -0.870. The highest BCUT2D eigenvalue weighted by atomic mass is 79.9. The van der Waals surface area contributed by atoms with Gasteiger partial charge < -0.3 is 11.1 Å². The number of rotatable bonds is 4. The van der Waals surface area contributed by atoms with Gasteiger partial charge in [0.1, 0.15) is 0 Å². The molecular weight excluding hydrogens is 304 g/mol. The van der Waals surface area contributed by atoms with Crippen molar-refractivity contribution in [3.8, 4) is 0 Å². The minimum absolute atomic E-state index is 0.0291. The summed E-state index contributed by atoms with van der Waals surface area (Å²) in [5.74, 6) is 0.0291. The molecule has 0 bridgehead atoms. The van der Waals surface area contributed by atoms with Gasteiger partial charge >= 0.3 is 0 Å². The predicted molar refractivity (Wildman–Crippen MR) is 82.2 cm³/mol. The molecule has 0 unspecified atom stereocenters. The molecule has 0 heterocycles. The summed E-state index contributed by atoms with van der Waals surface area (Å²) in [5.41, 5.74) is 7.99. The van der Waals surface area contributed by atoms with Crippen LogP contribution in [-0.4, -0.2) is 11.4 Å². The van der Waals surface area contributed by atoms with Crippen molar-refractivity contribution in [2.75, 3.05) is 5.32 Å². The summed E-state index contributed by atoms with van der Waals surface area (Å²) in [6.45, 7) is 2.08. The van der Waals surface area contributed by atoms with Crippen LogP contribution in [0.3, 0.4) is 0 Å². The molecule has 2 rings (SSSR count). The van der Waals surface area contributed by atoms with Crippen molar-refractivity contribution in [3.63, 3.8) is 0 Å². The van der Waals surface area contributed by atoms with Gasteiger partial charge in [0.05, 0.1) is 0 Å². The molecule has 1 aliphatic rings. The number of carbonyl (C=O) groups is 1. The highest BCUT2D eigenvalue weighted by molar-refractivity contribution is 9.10. The van der Waals surface area contributed by atoms with E-state index in [1.54, 1.807) is 0 Å².